The standard InChI is InChI=1S/C14H28N2O/c1-2-11-17-14-5-3-9-16(12-14)10-4-8-15-13-6-7-13/h13-15H,2-12H2,1H3. The minimum Gasteiger partial charge on any atom is -0.377 e. The van der Waals surface area contributed by atoms with Crippen LogP contribution in [-0.4, -0.2) is 49.8 Å². The summed E-state index contributed by atoms with van der Waals surface area (Å²) >= 11 is 0. The topological polar surface area (TPSA) is 24.5 Å². The molecule has 0 spiro atoms. The smallest absolute Gasteiger partial charge is 0.0702 e. The molecule has 0 aromatic carbocycles. The summed E-state index contributed by atoms with van der Waals surface area (Å²) in [4.78, 5) is 2.58. The molecule has 1 heterocycles. The van der Waals surface area contributed by atoms with Gasteiger partial charge in [0, 0.05) is 19.2 Å². The average molecular weight is 240 g/mol. The van der Waals surface area contributed by atoms with E-state index >= 15 is 0 Å². The van der Waals surface area contributed by atoms with Gasteiger partial charge in [-0.3, -0.25) is 0 Å². The van der Waals surface area contributed by atoms with Crippen LogP contribution < -0.4 is 5.32 Å². The van der Waals surface area contributed by atoms with E-state index in [1.165, 1.54) is 51.7 Å². The lowest BCUT2D eigenvalue weighted by molar-refractivity contribution is -0.000189. The van der Waals surface area contributed by atoms with E-state index in [-0.39, 0.29) is 0 Å². The molecule has 1 unspecified atom stereocenters. The van der Waals surface area contributed by atoms with Crippen molar-refractivity contribution in [1.82, 2.24) is 10.2 Å². The maximum atomic E-state index is 5.86. The maximum absolute atomic E-state index is 5.86. The molecule has 0 radical (unpaired) electrons. The molecule has 17 heavy (non-hydrogen) atoms. The predicted molar refractivity (Wildman–Crippen MR) is 71.3 cm³/mol. The fourth-order valence-electron chi connectivity index (χ4n) is 2.53. The van der Waals surface area contributed by atoms with Crippen molar-refractivity contribution in [1.29, 1.82) is 0 Å². The van der Waals surface area contributed by atoms with Crippen molar-refractivity contribution in [3.8, 4) is 0 Å². The van der Waals surface area contributed by atoms with Gasteiger partial charge in [0.2, 0.25) is 0 Å². The fourth-order valence-corrected chi connectivity index (χ4v) is 2.53. The van der Waals surface area contributed by atoms with Crippen LogP contribution in [0, 0.1) is 0 Å². The van der Waals surface area contributed by atoms with E-state index in [4.69, 9.17) is 4.74 Å². The van der Waals surface area contributed by atoms with Crippen molar-refractivity contribution in [2.75, 3.05) is 32.8 Å². The van der Waals surface area contributed by atoms with Gasteiger partial charge >= 0.3 is 0 Å². The third kappa shape index (κ3) is 5.36. The van der Waals surface area contributed by atoms with Gasteiger partial charge < -0.3 is 15.0 Å². The lowest BCUT2D eigenvalue weighted by atomic mass is 10.1. The Labute approximate surface area is 106 Å². The Morgan fingerprint density at radius 3 is 2.94 bits per heavy atom. The van der Waals surface area contributed by atoms with Gasteiger partial charge in [-0.25, -0.2) is 0 Å². The molecule has 0 aromatic heterocycles. The van der Waals surface area contributed by atoms with Crippen LogP contribution in [0.15, 0.2) is 0 Å². The van der Waals surface area contributed by atoms with Crippen LogP contribution in [0.1, 0.15) is 45.4 Å². The SMILES string of the molecule is CCCOC1CCCN(CCCNC2CC2)C1. The van der Waals surface area contributed by atoms with Crippen LogP contribution in [-0.2, 0) is 4.74 Å². The number of hydrogen-bond donors (Lipinski definition) is 1. The maximum Gasteiger partial charge on any atom is 0.0702 e. The highest BCUT2D eigenvalue weighted by atomic mass is 16.5. The number of ether oxygens (including phenoxy) is 1. The van der Waals surface area contributed by atoms with E-state index in [2.05, 4.69) is 17.1 Å². The lowest BCUT2D eigenvalue weighted by Crippen LogP contribution is -2.40. The molecule has 1 N–H and O–H groups in total. The lowest BCUT2D eigenvalue weighted by Gasteiger charge is -2.32. The third-order valence-corrected chi connectivity index (χ3v) is 3.68. The quantitative estimate of drug-likeness (QED) is 0.657. The molecule has 0 amide bonds. The molecule has 0 aromatic rings. The Morgan fingerprint density at radius 2 is 2.18 bits per heavy atom. The zero-order valence-corrected chi connectivity index (χ0v) is 11.3. The first kappa shape index (κ1) is 13.3. The summed E-state index contributed by atoms with van der Waals surface area (Å²) in [5.41, 5.74) is 0. The first-order chi connectivity index (χ1) is 8.38. The van der Waals surface area contributed by atoms with E-state index in [9.17, 15) is 0 Å². The third-order valence-electron chi connectivity index (χ3n) is 3.68. The van der Waals surface area contributed by atoms with Crippen molar-refractivity contribution < 1.29 is 4.74 Å². The molecule has 1 atom stereocenters. The van der Waals surface area contributed by atoms with Crippen LogP contribution in [0.4, 0.5) is 0 Å². The van der Waals surface area contributed by atoms with Crippen molar-refractivity contribution in [2.24, 2.45) is 0 Å². The highest BCUT2D eigenvalue weighted by Crippen LogP contribution is 2.18. The molecular weight excluding hydrogens is 212 g/mol. The van der Waals surface area contributed by atoms with E-state index in [0.29, 0.717) is 6.10 Å². The Balaban J connectivity index is 1.52. The Morgan fingerprint density at radius 1 is 1.29 bits per heavy atom. The Bertz CT molecular complexity index is 206. The van der Waals surface area contributed by atoms with Gasteiger partial charge in [-0.05, 0) is 58.2 Å². The minimum atomic E-state index is 0.500. The van der Waals surface area contributed by atoms with E-state index in [1.54, 1.807) is 0 Å². The second-order valence-corrected chi connectivity index (χ2v) is 5.52. The van der Waals surface area contributed by atoms with Crippen LogP contribution in [0.3, 0.4) is 0 Å². The van der Waals surface area contributed by atoms with Crippen molar-refractivity contribution in [3.05, 3.63) is 0 Å². The number of likely N-dealkylation sites (tertiary alicyclic amines) is 1. The van der Waals surface area contributed by atoms with E-state index in [0.717, 1.165) is 25.6 Å². The zero-order valence-electron chi connectivity index (χ0n) is 11.3. The predicted octanol–water partition coefficient (Wildman–Crippen LogP) is 2.02. The molecule has 0 bridgehead atoms. The van der Waals surface area contributed by atoms with Crippen molar-refractivity contribution >= 4 is 0 Å². The molecule has 3 heteroatoms. The first-order valence-corrected chi connectivity index (χ1v) is 7.46. The van der Waals surface area contributed by atoms with Gasteiger partial charge in [0.1, 0.15) is 0 Å². The largest absolute Gasteiger partial charge is 0.377 e. The van der Waals surface area contributed by atoms with Gasteiger partial charge in [-0.2, -0.15) is 0 Å². The van der Waals surface area contributed by atoms with Gasteiger partial charge in [0.05, 0.1) is 6.10 Å². The normalized spacial score (nSPS) is 26.3. The highest BCUT2D eigenvalue weighted by Gasteiger charge is 2.21. The summed E-state index contributed by atoms with van der Waals surface area (Å²) in [6, 6.07) is 0.858. The van der Waals surface area contributed by atoms with E-state index in [1.807, 2.05) is 0 Å². The van der Waals surface area contributed by atoms with Crippen LogP contribution in [0.5, 0.6) is 0 Å². The minimum absolute atomic E-state index is 0.500. The van der Waals surface area contributed by atoms with E-state index < -0.39 is 0 Å². The number of nitrogens with one attached hydrogen (secondary N) is 1. The highest BCUT2D eigenvalue weighted by molar-refractivity contribution is 4.81. The first-order valence-electron chi connectivity index (χ1n) is 7.46. The summed E-state index contributed by atoms with van der Waals surface area (Å²) in [5.74, 6) is 0. The van der Waals surface area contributed by atoms with Crippen molar-refractivity contribution in [3.63, 3.8) is 0 Å². The second-order valence-electron chi connectivity index (χ2n) is 5.52. The molecule has 2 fully saturated rings. The zero-order chi connectivity index (χ0) is 11.9. The molecule has 100 valence electrons. The Kier molecular flexibility index (Phi) is 5.75. The van der Waals surface area contributed by atoms with Gasteiger partial charge in [-0.15, -0.1) is 0 Å². The molecule has 1 aliphatic heterocycles. The Hall–Kier alpha value is -0.120. The van der Waals surface area contributed by atoms with Gasteiger partial charge in [-0.1, -0.05) is 6.92 Å². The molecule has 3 nitrogen and oxygen atoms in total. The summed E-state index contributed by atoms with van der Waals surface area (Å²) in [6.45, 7) is 7.98. The van der Waals surface area contributed by atoms with Crippen LogP contribution >= 0.6 is 0 Å². The van der Waals surface area contributed by atoms with Crippen molar-refractivity contribution in [2.45, 2.75) is 57.6 Å². The summed E-state index contributed by atoms with van der Waals surface area (Å²) in [5, 5.41) is 3.58. The van der Waals surface area contributed by atoms with Gasteiger partial charge in [0.15, 0.2) is 0 Å². The molecule has 2 aliphatic rings. The van der Waals surface area contributed by atoms with Crippen LogP contribution in [0.2, 0.25) is 0 Å². The average Bonchev–Trinajstić information content (AvgIpc) is 3.17. The monoisotopic (exact) mass is 240 g/mol. The number of nitrogens with zero attached hydrogens (tertiary/aromatic N) is 1. The molecular formula is C14H28N2O. The summed E-state index contributed by atoms with van der Waals surface area (Å²) < 4.78 is 5.86. The fraction of sp³-hybridized carbons (Fsp3) is 1.00. The summed E-state index contributed by atoms with van der Waals surface area (Å²) in [7, 11) is 0. The van der Waals surface area contributed by atoms with Gasteiger partial charge in [0.25, 0.3) is 0 Å². The molecule has 2 rings (SSSR count). The second kappa shape index (κ2) is 7.34. The molecule has 1 aliphatic carbocycles. The molecule has 1 saturated heterocycles. The number of rotatable bonds is 8. The van der Waals surface area contributed by atoms with Crippen LogP contribution in [0.25, 0.3) is 0 Å². The summed E-state index contributed by atoms with van der Waals surface area (Å²) in [6.07, 6.45) is 8.30. The number of piperidine rings is 1. The number of hydrogen-bond acceptors (Lipinski definition) is 3. The molecule has 1 saturated carbocycles.